The van der Waals surface area contributed by atoms with E-state index in [9.17, 15) is 4.79 Å². The summed E-state index contributed by atoms with van der Waals surface area (Å²) >= 11 is 0. The molecule has 0 spiro atoms. The van der Waals surface area contributed by atoms with E-state index < -0.39 is 30.4 Å². The molecular weight excluding hydrogens is 383 g/mol. The summed E-state index contributed by atoms with van der Waals surface area (Å²) in [6, 6.07) is 10.8. The Bertz CT molecular complexity index is 896. The molecule has 9 heteroatoms. The zero-order chi connectivity index (χ0) is 21.9. The van der Waals surface area contributed by atoms with Gasteiger partial charge >= 0.3 is 13.1 Å². The summed E-state index contributed by atoms with van der Waals surface area (Å²) in [5.74, 6) is -0.583. The predicted octanol–water partition coefficient (Wildman–Crippen LogP) is 1.55. The first-order valence-corrected chi connectivity index (χ1v) is 9.71. The monoisotopic (exact) mass is 410 g/mol. The van der Waals surface area contributed by atoms with E-state index >= 15 is 0 Å². The van der Waals surface area contributed by atoms with Gasteiger partial charge in [-0.05, 0) is 50.9 Å². The smallest absolute Gasteiger partial charge is 0.452 e. The number of guanidine groups is 1. The van der Waals surface area contributed by atoms with Crippen LogP contribution in [0.1, 0.15) is 49.7 Å². The molecule has 0 aliphatic carbocycles. The van der Waals surface area contributed by atoms with Gasteiger partial charge in [-0.1, -0.05) is 24.3 Å². The number of aromatic nitrogens is 1. The number of carbonyl (C=O) groups excluding carboxylic acids is 1. The summed E-state index contributed by atoms with van der Waals surface area (Å²) in [5.41, 5.74) is 12.0. The van der Waals surface area contributed by atoms with E-state index in [1.165, 1.54) is 6.20 Å². The molecule has 1 aromatic carbocycles. The van der Waals surface area contributed by atoms with Crippen molar-refractivity contribution in [1.82, 2.24) is 4.98 Å². The normalized spacial score (nSPS) is 17.9. The molecule has 1 aliphatic heterocycles. The molecule has 2 heterocycles. The number of nitrogens with two attached hydrogens (primary N) is 2. The quantitative estimate of drug-likeness (QED) is 0.321. The van der Waals surface area contributed by atoms with E-state index in [2.05, 4.69) is 9.98 Å². The highest BCUT2D eigenvalue weighted by Gasteiger charge is 2.51. The number of benzene rings is 1. The summed E-state index contributed by atoms with van der Waals surface area (Å²) in [6.45, 7) is 8.12. The lowest BCUT2D eigenvalue weighted by Gasteiger charge is -2.32. The standard InChI is InChI=1S/C21H27BN4O4/c1-20(2)21(3,4)30-22(29-20)16-9-7-14(8-10-16)17(13-26-19(23)24)28-18(27)15-6-5-11-25-12-15/h5-12,17H,13H2,1-4H3,(H4,23,24,26)/t17-/m0/s1. The number of aliphatic imine (C=N–C) groups is 1. The molecule has 1 saturated heterocycles. The number of esters is 1. The van der Waals surface area contributed by atoms with Gasteiger partial charge in [0.15, 0.2) is 5.96 Å². The molecule has 1 aliphatic rings. The van der Waals surface area contributed by atoms with E-state index in [0.717, 1.165) is 11.0 Å². The summed E-state index contributed by atoms with van der Waals surface area (Å²) < 4.78 is 17.8. The van der Waals surface area contributed by atoms with Crippen LogP contribution in [0.2, 0.25) is 0 Å². The number of pyridine rings is 1. The fourth-order valence-corrected chi connectivity index (χ4v) is 2.93. The third kappa shape index (κ3) is 4.80. The summed E-state index contributed by atoms with van der Waals surface area (Å²) in [5, 5.41) is 0. The molecule has 1 aromatic heterocycles. The number of nitrogens with zero attached hydrogens (tertiary/aromatic N) is 2. The lowest BCUT2D eigenvalue weighted by molar-refractivity contribution is 0.00578. The minimum atomic E-state index is -0.660. The zero-order valence-corrected chi connectivity index (χ0v) is 17.7. The first-order valence-electron chi connectivity index (χ1n) is 9.71. The van der Waals surface area contributed by atoms with Gasteiger partial charge in [-0.2, -0.15) is 0 Å². The van der Waals surface area contributed by atoms with Crippen LogP contribution in [0.25, 0.3) is 0 Å². The van der Waals surface area contributed by atoms with Gasteiger partial charge < -0.3 is 25.5 Å². The van der Waals surface area contributed by atoms with Crippen molar-refractivity contribution in [2.24, 2.45) is 16.5 Å². The highest BCUT2D eigenvalue weighted by molar-refractivity contribution is 6.62. The summed E-state index contributed by atoms with van der Waals surface area (Å²) in [4.78, 5) is 20.4. The van der Waals surface area contributed by atoms with Crippen LogP contribution in [-0.4, -0.2) is 41.8 Å². The van der Waals surface area contributed by atoms with Gasteiger partial charge in [-0.15, -0.1) is 0 Å². The molecule has 4 N–H and O–H groups in total. The van der Waals surface area contributed by atoms with Gasteiger partial charge in [0.25, 0.3) is 0 Å². The topological polar surface area (TPSA) is 122 Å². The number of carbonyl (C=O) groups is 1. The van der Waals surface area contributed by atoms with Crippen LogP contribution in [0.5, 0.6) is 0 Å². The highest BCUT2D eigenvalue weighted by atomic mass is 16.7. The fraction of sp³-hybridized carbons (Fsp3) is 0.381. The molecule has 30 heavy (non-hydrogen) atoms. The van der Waals surface area contributed by atoms with Crippen LogP contribution in [0.4, 0.5) is 0 Å². The Morgan fingerprint density at radius 2 is 1.77 bits per heavy atom. The molecule has 2 aromatic rings. The molecule has 8 nitrogen and oxygen atoms in total. The third-order valence-electron chi connectivity index (χ3n) is 5.42. The largest absolute Gasteiger partial charge is 0.494 e. The zero-order valence-electron chi connectivity index (χ0n) is 17.7. The number of hydrogen-bond acceptors (Lipinski definition) is 6. The summed E-state index contributed by atoms with van der Waals surface area (Å²) in [6.07, 6.45) is 2.37. The Hall–Kier alpha value is -2.91. The van der Waals surface area contributed by atoms with Crippen LogP contribution in [0.15, 0.2) is 53.8 Å². The molecule has 0 amide bonds. The van der Waals surface area contributed by atoms with Gasteiger partial charge in [-0.25, -0.2) is 9.79 Å². The molecule has 1 fully saturated rings. The average molecular weight is 410 g/mol. The molecule has 0 unspecified atom stereocenters. The van der Waals surface area contributed by atoms with Gasteiger partial charge in [-0.3, -0.25) is 4.98 Å². The average Bonchev–Trinajstić information content (AvgIpc) is 2.93. The van der Waals surface area contributed by atoms with Gasteiger partial charge in [0.2, 0.25) is 0 Å². The maximum Gasteiger partial charge on any atom is 0.494 e. The van der Waals surface area contributed by atoms with Crippen molar-refractivity contribution in [2.75, 3.05) is 6.54 Å². The van der Waals surface area contributed by atoms with Gasteiger partial charge in [0.05, 0.1) is 23.3 Å². The second-order valence-electron chi connectivity index (χ2n) is 8.16. The van der Waals surface area contributed by atoms with Crippen molar-refractivity contribution in [3.8, 4) is 0 Å². The van der Waals surface area contributed by atoms with Crippen molar-refractivity contribution in [2.45, 2.75) is 45.0 Å². The third-order valence-corrected chi connectivity index (χ3v) is 5.42. The second-order valence-corrected chi connectivity index (χ2v) is 8.16. The Balaban J connectivity index is 1.79. The first-order chi connectivity index (χ1) is 14.1. The van der Waals surface area contributed by atoms with Gasteiger partial charge in [0.1, 0.15) is 6.10 Å². The van der Waals surface area contributed by atoms with E-state index in [1.807, 2.05) is 52.0 Å². The highest BCUT2D eigenvalue weighted by Crippen LogP contribution is 2.36. The van der Waals surface area contributed by atoms with Crippen molar-refractivity contribution < 1.29 is 18.8 Å². The molecule has 158 valence electrons. The van der Waals surface area contributed by atoms with Crippen LogP contribution < -0.4 is 16.9 Å². The van der Waals surface area contributed by atoms with Crippen molar-refractivity contribution in [3.63, 3.8) is 0 Å². The van der Waals surface area contributed by atoms with Crippen molar-refractivity contribution >= 4 is 24.5 Å². The van der Waals surface area contributed by atoms with Crippen molar-refractivity contribution in [1.29, 1.82) is 0 Å². The fourth-order valence-electron chi connectivity index (χ4n) is 2.93. The summed E-state index contributed by atoms with van der Waals surface area (Å²) in [7, 11) is -0.474. The molecule has 0 bridgehead atoms. The first kappa shape index (κ1) is 21.8. The second kappa shape index (κ2) is 8.45. The Labute approximate surface area is 176 Å². The van der Waals surface area contributed by atoms with Crippen LogP contribution in [0.3, 0.4) is 0 Å². The Morgan fingerprint density at radius 3 is 2.30 bits per heavy atom. The van der Waals surface area contributed by atoms with Crippen molar-refractivity contribution in [3.05, 3.63) is 59.9 Å². The van der Waals surface area contributed by atoms with Crippen LogP contribution in [-0.2, 0) is 14.0 Å². The molecule has 0 saturated carbocycles. The molecule has 0 radical (unpaired) electrons. The minimum Gasteiger partial charge on any atom is -0.452 e. The lowest BCUT2D eigenvalue weighted by Crippen LogP contribution is -2.41. The maximum atomic E-state index is 12.5. The molecule has 3 rings (SSSR count). The molecular formula is C21H27BN4O4. The Morgan fingerprint density at radius 1 is 1.13 bits per heavy atom. The number of hydrogen-bond donors (Lipinski definition) is 2. The van der Waals surface area contributed by atoms with Crippen LogP contribution in [0, 0.1) is 0 Å². The predicted molar refractivity (Wildman–Crippen MR) is 115 cm³/mol. The SMILES string of the molecule is CC1(C)OB(c2ccc([C@H](CN=C(N)N)OC(=O)c3cccnc3)cc2)OC1(C)C. The van der Waals surface area contributed by atoms with Crippen LogP contribution >= 0.6 is 0 Å². The Kier molecular flexibility index (Phi) is 6.14. The number of rotatable bonds is 6. The van der Waals surface area contributed by atoms with Gasteiger partial charge in [0, 0.05) is 12.4 Å². The van der Waals surface area contributed by atoms with E-state index in [0.29, 0.717) is 5.56 Å². The van der Waals surface area contributed by atoms with E-state index in [-0.39, 0.29) is 12.5 Å². The number of ether oxygens (including phenoxy) is 1. The van der Waals surface area contributed by atoms with E-state index in [4.69, 9.17) is 25.5 Å². The lowest BCUT2D eigenvalue weighted by atomic mass is 9.78. The minimum absolute atomic E-state index is 0.0775. The van der Waals surface area contributed by atoms with E-state index in [1.54, 1.807) is 18.3 Å². The molecule has 1 atom stereocenters. The maximum absolute atomic E-state index is 12.5.